The van der Waals surface area contributed by atoms with E-state index in [2.05, 4.69) is 5.32 Å². The zero-order valence-electron chi connectivity index (χ0n) is 16.3. The van der Waals surface area contributed by atoms with E-state index in [-0.39, 0.29) is 12.0 Å². The van der Waals surface area contributed by atoms with Crippen molar-refractivity contribution < 1.29 is 19.0 Å². The van der Waals surface area contributed by atoms with Gasteiger partial charge in [0, 0.05) is 11.8 Å². The maximum Gasteiger partial charge on any atom is 0.338 e. The highest BCUT2D eigenvalue weighted by molar-refractivity contribution is 7.80. The number of carbonyl (C=O) groups is 1. The Morgan fingerprint density at radius 1 is 1.17 bits per heavy atom. The van der Waals surface area contributed by atoms with E-state index >= 15 is 0 Å². The van der Waals surface area contributed by atoms with E-state index in [0.717, 1.165) is 16.9 Å². The number of hydrogen-bond donors (Lipinski definition) is 1. The highest BCUT2D eigenvalue weighted by atomic mass is 32.1. The largest absolute Gasteiger partial charge is 0.486 e. The third-order valence-corrected chi connectivity index (χ3v) is 5.20. The fourth-order valence-corrected chi connectivity index (χ4v) is 3.95. The number of thiocarbonyl (C=S) groups is 1. The second-order valence-corrected chi connectivity index (χ2v) is 7.06. The molecule has 0 fully saturated rings. The van der Waals surface area contributed by atoms with E-state index < -0.39 is 0 Å². The van der Waals surface area contributed by atoms with E-state index in [1.807, 2.05) is 60.4 Å². The number of nitrogens with one attached hydrogen (secondary N) is 1. The van der Waals surface area contributed by atoms with Gasteiger partial charge in [-0.15, -0.1) is 0 Å². The van der Waals surface area contributed by atoms with E-state index in [9.17, 15) is 4.79 Å². The van der Waals surface area contributed by atoms with Crippen LogP contribution < -0.4 is 19.7 Å². The van der Waals surface area contributed by atoms with Gasteiger partial charge in [-0.25, -0.2) is 4.79 Å². The Morgan fingerprint density at radius 2 is 1.90 bits per heavy atom. The van der Waals surface area contributed by atoms with Crippen LogP contribution in [-0.4, -0.2) is 30.9 Å². The SMILES string of the molecule is CCOC(=O)C1=C(C)N(c2ccc3c(c2)OCCO3)C(=S)N[C@@H]1c1ccccc1. The van der Waals surface area contributed by atoms with Crippen molar-refractivity contribution in [2.75, 3.05) is 24.7 Å². The molecule has 0 aromatic heterocycles. The van der Waals surface area contributed by atoms with E-state index in [1.54, 1.807) is 6.92 Å². The summed E-state index contributed by atoms with van der Waals surface area (Å²) in [7, 11) is 0. The van der Waals surface area contributed by atoms with Gasteiger partial charge in [0.2, 0.25) is 0 Å². The number of carbonyl (C=O) groups excluding carboxylic acids is 1. The molecule has 0 spiro atoms. The number of ether oxygens (including phenoxy) is 3. The number of anilines is 1. The Bertz CT molecular complexity index is 974. The summed E-state index contributed by atoms with van der Waals surface area (Å²) < 4.78 is 16.7. The summed E-state index contributed by atoms with van der Waals surface area (Å²) in [5.74, 6) is 0.994. The van der Waals surface area contributed by atoms with Crippen molar-refractivity contribution in [2.24, 2.45) is 0 Å². The quantitative estimate of drug-likeness (QED) is 0.609. The maximum absolute atomic E-state index is 12.9. The van der Waals surface area contributed by atoms with Crippen LogP contribution >= 0.6 is 12.2 Å². The van der Waals surface area contributed by atoms with Gasteiger partial charge in [0.1, 0.15) is 13.2 Å². The summed E-state index contributed by atoms with van der Waals surface area (Å²) >= 11 is 5.68. The lowest BCUT2D eigenvalue weighted by Crippen LogP contribution is -2.48. The van der Waals surface area contributed by atoms with Crippen molar-refractivity contribution in [1.82, 2.24) is 5.32 Å². The number of esters is 1. The lowest BCUT2D eigenvalue weighted by atomic mass is 9.95. The minimum absolute atomic E-state index is 0.297. The van der Waals surface area contributed by atoms with Crippen LogP contribution in [0.2, 0.25) is 0 Å². The smallest absolute Gasteiger partial charge is 0.338 e. The van der Waals surface area contributed by atoms with Crippen molar-refractivity contribution in [3.63, 3.8) is 0 Å². The van der Waals surface area contributed by atoms with Crippen LogP contribution in [0.15, 0.2) is 59.8 Å². The monoisotopic (exact) mass is 410 g/mol. The van der Waals surface area contributed by atoms with Gasteiger partial charge in [-0.1, -0.05) is 30.3 Å². The van der Waals surface area contributed by atoms with Gasteiger partial charge in [0.25, 0.3) is 0 Å². The average Bonchev–Trinajstić information content (AvgIpc) is 2.74. The summed E-state index contributed by atoms with van der Waals surface area (Å²) in [4.78, 5) is 14.7. The van der Waals surface area contributed by atoms with Crippen molar-refractivity contribution in [3.05, 3.63) is 65.4 Å². The maximum atomic E-state index is 12.9. The number of rotatable bonds is 4. The van der Waals surface area contributed by atoms with E-state index in [0.29, 0.717) is 42.0 Å². The molecule has 0 saturated carbocycles. The first-order chi connectivity index (χ1) is 14.1. The summed E-state index contributed by atoms with van der Waals surface area (Å²) in [5, 5.41) is 3.81. The molecular weight excluding hydrogens is 388 g/mol. The molecule has 2 aliphatic heterocycles. The second kappa shape index (κ2) is 8.13. The molecule has 0 unspecified atom stereocenters. The topological polar surface area (TPSA) is 60.0 Å². The number of fused-ring (bicyclic) bond motifs is 1. The number of allylic oxidation sites excluding steroid dienone is 1. The third-order valence-electron chi connectivity index (χ3n) is 4.90. The Morgan fingerprint density at radius 3 is 2.62 bits per heavy atom. The van der Waals surface area contributed by atoms with Gasteiger partial charge in [-0.3, -0.25) is 4.90 Å². The molecule has 1 atom stereocenters. The molecule has 0 amide bonds. The molecule has 0 radical (unpaired) electrons. The van der Waals surface area contributed by atoms with Crippen LogP contribution in [-0.2, 0) is 9.53 Å². The molecule has 4 rings (SSSR count). The van der Waals surface area contributed by atoms with Crippen LogP contribution in [0, 0.1) is 0 Å². The fourth-order valence-electron chi connectivity index (χ4n) is 3.59. The normalized spacial score (nSPS) is 18.3. The number of nitrogens with zero attached hydrogens (tertiary/aromatic N) is 1. The molecule has 0 saturated heterocycles. The highest BCUT2D eigenvalue weighted by Gasteiger charge is 2.35. The molecule has 0 bridgehead atoms. The predicted octanol–water partition coefficient (Wildman–Crippen LogP) is 3.73. The molecule has 2 heterocycles. The van der Waals surface area contributed by atoms with Crippen LogP contribution in [0.25, 0.3) is 0 Å². The van der Waals surface area contributed by atoms with E-state index in [1.165, 1.54) is 0 Å². The van der Waals surface area contributed by atoms with Crippen LogP contribution in [0.4, 0.5) is 5.69 Å². The summed E-state index contributed by atoms with van der Waals surface area (Å²) in [6.07, 6.45) is 0. The fraction of sp³-hybridized carbons (Fsp3) is 0.273. The molecule has 7 heteroatoms. The zero-order chi connectivity index (χ0) is 20.4. The molecular formula is C22H22N2O4S. The third kappa shape index (κ3) is 3.65. The molecule has 150 valence electrons. The minimum Gasteiger partial charge on any atom is -0.486 e. The van der Waals surface area contributed by atoms with Gasteiger partial charge >= 0.3 is 5.97 Å². The zero-order valence-corrected chi connectivity index (χ0v) is 17.1. The Labute approximate surface area is 175 Å². The Hall–Kier alpha value is -3.06. The molecule has 6 nitrogen and oxygen atoms in total. The molecule has 0 aliphatic carbocycles. The van der Waals surface area contributed by atoms with Crippen LogP contribution in [0.3, 0.4) is 0 Å². The lowest BCUT2D eigenvalue weighted by molar-refractivity contribution is -0.139. The molecule has 29 heavy (non-hydrogen) atoms. The van der Waals surface area contributed by atoms with Gasteiger partial charge in [0.05, 0.1) is 23.9 Å². The lowest BCUT2D eigenvalue weighted by Gasteiger charge is -2.37. The molecule has 2 aromatic carbocycles. The molecule has 1 N–H and O–H groups in total. The van der Waals surface area contributed by atoms with Gasteiger partial charge in [-0.2, -0.15) is 0 Å². The first kappa shape index (κ1) is 19.3. The summed E-state index contributed by atoms with van der Waals surface area (Å²) in [6, 6.07) is 15.0. The Kier molecular flexibility index (Phi) is 5.40. The van der Waals surface area contributed by atoms with Crippen molar-refractivity contribution in [1.29, 1.82) is 0 Å². The standard InChI is InChI=1S/C22H22N2O4S/c1-3-26-21(25)19-14(2)24(16-9-10-17-18(13-16)28-12-11-27-17)22(29)23-20(19)15-7-5-4-6-8-15/h4-10,13,20H,3,11-12H2,1-2H3,(H,23,29)/t20-/m1/s1. The van der Waals surface area contributed by atoms with Gasteiger partial charge in [-0.05, 0) is 43.8 Å². The number of benzene rings is 2. The molecule has 2 aromatic rings. The molecule has 2 aliphatic rings. The highest BCUT2D eigenvalue weighted by Crippen LogP contribution is 2.38. The minimum atomic E-state index is -0.379. The van der Waals surface area contributed by atoms with Crippen LogP contribution in [0.5, 0.6) is 11.5 Å². The van der Waals surface area contributed by atoms with Gasteiger partial charge < -0.3 is 19.5 Å². The van der Waals surface area contributed by atoms with Crippen molar-refractivity contribution in [2.45, 2.75) is 19.9 Å². The first-order valence-electron chi connectivity index (χ1n) is 9.53. The summed E-state index contributed by atoms with van der Waals surface area (Å²) in [5.41, 5.74) is 2.98. The predicted molar refractivity (Wildman–Crippen MR) is 114 cm³/mol. The van der Waals surface area contributed by atoms with Crippen molar-refractivity contribution in [3.8, 4) is 11.5 Å². The average molecular weight is 410 g/mol. The van der Waals surface area contributed by atoms with E-state index in [4.69, 9.17) is 26.4 Å². The Balaban J connectivity index is 1.80. The summed E-state index contributed by atoms with van der Waals surface area (Å²) in [6.45, 7) is 5.00. The number of hydrogen-bond acceptors (Lipinski definition) is 5. The van der Waals surface area contributed by atoms with Crippen molar-refractivity contribution >= 4 is 29.0 Å². The first-order valence-corrected chi connectivity index (χ1v) is 9.94. The second-order valence-electron chi connectivity index (χ2n) is 6.68. The van der Waals surface area contributed by atoms with Gasteiger partial charge in [0.15, 0.2) is 16.6 Å². The van der Waals surface area contributed by atoms with Crippen LogP contribution in [0.1, 0.15) is 25.5 Å².